The molecule has 16 heavy (non-hydrogen) atoms. The molecule has 2 heterocycles. The molecule has 2 rings (SSSR count). The summed E-state index contributed by atoms with van der Waals surface area (Å²) in [7, 11) is 0. The summed E-state index contributed by atoms with van der Waals surface area (Å²) >= 11 is 0. The van der Waals surface area contributed by atoms with Crippen LogP contribution in [0.25, 0.3) is 0 Å². The molecule has 0 radical (unpaired) electrons. The number of hydrogen-bond acceptors (Lipinski definition) is 5. The zero-order chi connectivity index (χ0) is 11.0. The van der Waals surface area contributed by atoms with Gasteiger partial charge in [-0.3, -0.25) is 9.59 Å². The van der Waals surface area contributed by atoms with Gasteiger partial charge in [-0.2, -0.15) is 0 Å². The quantitative estimate of drug-likeness (QED) is 0.527. The molecule has 3 atom stereocenters. The van der Waals surface area contributed by atoms with E-state index in [4.69, 9.17) is 15.2 Å². The van der Waals surface area contributed by atoms with E-state index in [-0.39, 0.29) is 37.3 Å². The van der Waals surface area contributed by atoms with Crippen molar-refractivity contribution in [1.82, 2.24) is 4.90 Å². The Balaban J connectivity index is 0.00000128. The second-order valence-corrected chi connectivity index (χ2v) is 3.88. The third-order valence-electron chi connectivity index (χ3n) is 2.55. The fraction of sp³-hybridized carbons (Fsp3) is 0.778. The number of carbonyl (C=O) groups is 2. The van der Waals surface area contributed by atoms with Crippen LogP contribution in [0.5, 0.6) is 0 Å². The van der Waals surface area contributed by atoms with Crippen LogP contribution in [0, 0.1) is 0 Å². The van der Waals surface area contributed by atoms with Crippen molar-refractivity contribution in [2.75, 3.05) is 13.2 Å². The van der Waals surface area contributed by atoms with Crippen LogP contribution in [0.4, 0.5) is 0 Å². The Morgan fingerprint density at radius 2 is 2.44 bits per heavy atom. The molecule has 2 saturated heterocycles. The second-order valence-electron chi connectivity index (χ2n) is 3.88. The topological polar surface area (TPSA) is 81.9 Å². The van der Waals surface area contributed by atoms with Crippen molar-refractivity contribution in [3.05, 3.63) is 0 Å². The minimum absolute atomic E-state index is 0. The lowest BCUT2D eigenvalue weighted by molar-refractivity contribution is -0.159. The van der Waals surface area contributed by atoms with Crippen LogP contribution in [-0.4, -0.2) is 48.3 Å². The average Bonchev–Trinajstić information content (AvgIpc) is 2.51. The molecule has 6 nitrogen and oxygen atoms in total. The highest BCUT2D eigenvalue weighted by Gasteiger charge is 2.45. The number of nitrogens with zero attached hydrogens (tertiary/aromatic N) is 1. The number of rotatable bonds is 3. The fourth-order valence-corrected chi connectivity index (χ4v) is 1.65. The number of β-lactam (4-membered cyclic amide) rings is 1. The van der Waals surface area contributed by atoms with Gasteiger partial charge in [-0.05, 0) is 6.92 Å². The third-order valence-corrected chi connectivity index (χ3v) is 2.55. The smallest absolute Gasteiger partial charge is 0.322 e. The molecule has 0 aromatic heterocycles. The lowest BCUT2D eigenvalue weighted by Gasteiger charge is -2.31. The minimum atomic E-state index is -0.620. The van der Waals surface area contributed by atoms with Crippen molar-refractivity contribution in [2.45, 2.75) is 31.7 Å². The maximum Gasteiger partial charge on any atom is 0.322 e. The molecular weight excluding hydrogens is 236 g/mol. The van der Waals surface area contributed by atoms with Gasteiger partial charge in [-0.25, -0.2) is 0 Å². The normalized spacial score (nSPS) is 28.9. The molecule has 0 aliphatic carbocycles. The van der Waals surface area contributed by atoms with Gasteiger partial charge in [-0.1, -0.05) is 0 Å². The van der Waals surface area contributed by atoms with Gasteiger partial charge >= 0.3 is 5.97 Å². The maximum absolute atomic E-state index is 11.1. The standard InChI is InChI=1S/C9H14N2O4.ClH/c1-5(10)9(13)14-4-6-3-11-7(12)2-8(11)15-6;/h5-6,8H,2-4,10H2,1H3;1H. The van der Waals surface area contributed by atoms with Crippen molar-refractivity contribution < 1.29 is 19.1 Å². The summed E-state index contributed by atoms with van der Waals surface area (Å²) in [4.78, 5) is 23.7. The SMILES string of the molecule is CC(N)C(=O)OCC1CN2C(=O)CC2O1.Cl. The Bertz CT molecular complexity index is 297. The second kappa shape index (κ2) is 4.99. The molecule has 2 aliphatic heterocycles. The maximum atomic E-state index is 11.1. The van der Waals surface area contributed by atoms with Crippen LogP contribution in [0.3, 0.4) is 0 Å². The van der Waals surface area contributed by atoms with Crippen LogP contribution in [0.1, 0.15) is 13.3 Å². The van der Waals surface area contributed by atoms with Gasteiger partial charge in [0.1, 0.15) is 25.0 Å². The van der Waals surface area contributed by atoms with E-state index in [0.717, 1.165) is 0 Å². The van der Waals surface area contributed by atoms with E-state index in [9.17, 15) is 9.59 Å². The highest BCUT2D eigenvalue weighted by atomic mass is 35.5. The third kappa shape index (κ3) is 2.45. The largest absolute Gasteiger partial charge is 0.462 e. The molecule has 0 saturated carbocycles. The highest BCUT2D eigenvalue weighted by Crippen LogP contribution is 2.28. The minimum Gasteiger partial charge on any atom is -0.462 e. The van der Waals surface area contributed by atoms with Gasteiger partial charge in [-0.15, -0.1) is 12.4 Å². The average molecular weight is 251 g/mol. The number of hydrogen-bond donors (Lipinski definition) is 1. The van der Waals surface area contributed by atoms with Gasteiger partial charge in [0, 0.05) is 0 Å². The van der Waals surface area contributed by atoms with Crippen LogP contribution in [-0.2, 0) is 19.1 Å². The fourth-order valence-electron chi connectivity index (χ4n) is 1.65. The molecule has 2 aliphatic rings. The molecule has 0 bridgehead atoms. The van der Waals surface area contributed by atoms with E-state index in [1.807, 2.05) is 0 Å². The number of fused-ring (bicyclic) bond motifs is 1. The van der Waals surface area contributed by atoms with Gasteiger partial charge in [0.05, 0.1) is 13.0 Å². The van der Waals surface area contributed by atoms with Crippen molar-refractivity contribution in [3.8, 4) is 0 Å². The van der Waals surface area contributed by atoms with E-state index in [2.05, 4.69) is 0 Å². The van der Waals surface area contributed by atoms with E-state index in [1.165, 1.54) is 0 Å². The monoisotopic (exact) mass is 250 g/mol. The first kappa shape index (κ1) is 13.2. The summed E-state index contributed by atoms with van der Waals surface area (Å²) in [6, 6.07) is -0.620. The van der Waals surface area contributed by atoms with E-state index < -0.39 is 12.0 Å². The molecular formula is C9H15ClN2O4. The first-order valence-electron chi connectivity index (χ1n) is 4.95. The van der Waals surface area contributed by atoms with Crippen LogP contribution >= 0.6 is 12.4 Å². The Hall–Kier alpha value is -0.850. The number of amides is 1. The van der Waals surface area contributed by atoms with Gasteiger partial charge < -0.3 is 20.1 Å². The van der Waals surface area contributed by atoms with Gasteiger partial charge in [0.25, 0.3) is 0 Å². The zero-order valence-electron chi connectivity index (χ0n) is 8.92. The predicted octanol–water partition coefficient (Wildman–Crippen LogP) is -0.744. The number of halogens is 1. The molecule has 92 valence electrons. The van der Waals surface area contributed by atoms with Crippen molar-refractivity contribution in [3.63, 3.8) is 0 Å². The van der Waals surface area contributed by atoms with Crippen molar-refractivity contribution in [1.29, 1.82) is 0 Å². The van der Waals surface area contributed by atoms with E-state index in [1.54, 1.807) is 11.8 Å². The molecule has 2 N–H and O–H groups in total. The number of ether oxygens (including phenoxy) is 2. The summed E-state index contributed by atoms with van der Waals surface area (Å²) in [6.07, 6.45) is 0.137. The Kier molecular flexibility index (Phi) is 4.12. The van der Waals surface area contributed by atoms with E-state index in [0.29, 0.717) is 13.0 Å². The lowest BCUT2D eigenvalue weighted by Crippen LogP contribution is -2.48. The van der Waals surface area contributed by atoms with Crippen LogP contribution in [0.15, 0.2) is 0 Å². The summed E-state index contributed by atoms with van der Waals surface area (Å²) in [5.41, 5.74) is 5.33. The highest BCUT2D eigenvalue weighted by molar-refractivity contribution is 5.85. The summed E-state index contributed by atoms with van der Waals surface area (Å²) in [5.74, 6) is -0.347. The number of nitrogens with two attached hydrogens (primary N) is 1. The first-order valence-corrected chi connectivity index (χ1v) is 4.95. The molecule has 0 aromatic carbocycles. The molecule has 7 heteroatoms. The van der Waals surface area contributed by atoms with E-state index >= 15 is 0 Å². The van der Waals surface area contributed by atoms with Gasteiger partial charge in [0.15, 0.2) is 0 Å². The molecule has 2 fully saturated rings. The lowest BCUT2D eigenvalue weighted by atomic mass is 10.2. The Morgan fingerprint density at radius 3 is 2.94 bits per heavy atom. The van der Waals surface area contributed by atoms with Crippen LogP contribution in [0.2, 0.25) is 0 Å². The Morgan fingerprint density at radius 1 is 1.75 bits per heavy atom. The van der Waals surface area contributed by atoms with Crippen molar-refractivity contribution >= 4 is 24.3 Å². The van der Waals surface area contributed by atoms with Gasteiger partial charge in [0.2, 0.25) is 5.91 Å². The molecule has 1 amide bonds. The van der Waals surface area contributed by atoms with Crippen LogP contribution < -0.4 is 5.73 Å². The molecule has 3 unspecified atom stereocenters. The summed E-state index contributed by atoms with van der Waals surface area (Å²) < 4.78 is 10.4. The zero-order valence-corrected chi connectivity index (χ0v) is 9.74. The number of carbonyl (C=O) groups excluding carboxylic acids is 2. The summed E-state index contributed by atoms with van der Waals surface area (Å²) in [5, 5.41) is 0. The molecule has 0 spiro atoms. The number of esters is 1. The summed E-state index contributed by atoms with van der Waals surface area (Å²) in [6.45, 7) is 2.24. The predicted molar refractivity (Wildman–Crippen MR) is 56.8 cm³/mol. The first-order chi connectivity index (χ1) is 7.08. The molecule has 0 aromatic rings. The Labute approximate surface area is 99.5 Å². The van der Waals surface area contributed by atoms with Crippen molar-refractivity contribution in [2.24, 2.45) is 5.73 Å².